The lowest BCUT2D eigenvalue weighted by Crippen LogP contribution is -2.23. The minimum absolute atomic E-state index is 0.141. The first kappa shape index (κ1) is 13.5. The molecule has 0 N–H and O–H groups in total. The molecule has 0 spiro atoms. The minimum atomic E-state index is -0.204. The summed E-state index contributed by atoms with van der Waals surface area (Å²) in [6, 6.07) is 9.09. The van der Waals surface area contributed by atoms with Gasteiger partial charge in [0.1, 0.15) is 0 Å². The highest BCUT2D eigenvalue weighted by molar-refractivity contribution is 9.10. The smallest absolute Gasteiger partial charge is 0.230 e. The van der Waals surface area contributed by atoms with Crippen LogP contribution in [0.15, 0.2) is 35.1 Å². The van der Waals surface area contributed by atoms with Gasteiger partial charge in [0.05, 0.1) is 0 Å². The van der Waals surface area contributed by atoms with Crippen LogP contribution in [0.4, 0.5) is 0 Å². The molecule has 0 aliphatic carbocycles. The average molecular weight is 336 g/mol. The normalized spacial score (nSPS) is 18.9. The SMILES string of the molecule is O=C(c1ccccc1)c1nc(Br)nn1C1CCCCO1. The maximum Gasteiger partial charge on any atom is 0.230 e. The zero-order valence-corrected chi connectivity index (χ0v) is 12.4. The van der Waals surface area contributed by atoms with Gasteiger partial charge in [-0.05, 0) is 35.2 Å². The Morgan fingerprint density at radius 1 is 1.30 bits per heavy atom. The first-order valence-corrected chi connectivity index (χ1v) is 7.38. The molecular formula is C14H14BrN3O2. The van der Waals surface area contributed by atoms with Crippen LogP contribution in [0.2, 0.25) is 0 Å². The number of halogens is 1. The van der Waals surface area contributed by atoms with Crippen molar-refractivity contribution in [3.05, 3.63) is 46.5 Å². The molecule has 3 rings (SSSR count). The summed E-state index contributed by atoms with van der Waals surface area (Å²) in [5.74, 6) is 0.174. The van der Waals surface area contributed by atoms with Crippen LogP contribution < -0.4 is 0 Å². The van der Waals surface area contributed by atoms with Crippen molar-refractivity contribution in [1.29, 1.82) is 0 Å². The zero-order chi connectivity index (χ0) is 13.9. The summed E-state index contributed by atoms with van der Waals surface area (Å²) in [5.41, 5.74) is 0.601. The lowest BCUT2D eigenvalue weighted by Gasteiger charge is -2.23. The molecule has 1 fully saturated rings. The number of carbonyl (C=O) groups excluding carboxylic acids is 1. The molecule has 0 radical (unpaired) electrons. The Kier molecular flexibility index (Phi) is 3.93. The predicted octanol–water partition coefficient (Wildman–Crippen LogP) is 2.97. The Balaban J connectivity index is 1.95. The summed E-state index contributed by atoms with van der Waals surface area (Å²) in [6.45, 7) is 0.696. The molecule has 104 valence electrons. The van der Waals surface area contributed by atoms with Gasteiger partial charge < -0.3 is 4.74 Å². The summed E-state index contributed by atoms with van der Waals surface area (Å²) in [5, 5.41) is 4.26. The lowest BCUT2D eigenvalue weighted by molar-refractivity contribution is -0.0408. The average Bonchev–Trinajstić information content (AvgIpc) is 2.90. The molecule has 1 aromatic heterocycles. The summed E-state index contributed by atoms with van der Waals surface area (Å²) in [7, 11) is 0. The lowest BCUT2D eigenvalue weighted by atomic mass is 10.1. The van der Waals surface area contributed by atoms with E-state index < -0.39 is 0 Å². The number of aromatic nitrogens is 3. The molecule has 1 unspecified atom stereocenters. The quantitative estimate of drug-likeness (QED) is 0.809. The highest BCUT2D eigenvalue weighted by atomic mass is 79.9. The van der Waals surface area contributed by atoms with E-state index in [-0.39, 0.29) is 12.0 Å². The third-order valence-corrected chi connectivity index (χ3v) is 3.61. The number of hydrogen-bond acceptors (Lipinski definition) is 4. The molecular weight excluding hydrogens is 322 g/mol. The van der Waals surface area contributed by atoms with E-state index in [1.807, 2.05) is 18.2 Å². The third kappa shape index (κ3) is 2.66. The van der Waals surface area contributed by atoms with Crippen molar-refractivity contribution in [1.82, 2.24) is 14.8 Å². The van der Waals surface area contributed by atoms with Gasteiger partial charge in [-0.3, -0.25) is 4.79 Å². The van der Waals surface area contributed by atoms with Gasteiger partial charge >= 0.3 is 0 Å². The van der Waals surface area contributed by atoms with Crippen LogP contribution in [0, 0.1) is 0 Å². The molecule has 0 saturated carbocycles. The molecule has 1 aliphatic heterocycles. The number of hydrogen-bond donors (Lipinski definition) is 0. The van der Waals surface area contributed by atoms with Crippen LogP contribution in [0.25, 0.3) is 0 Å². The van der Waals surface area contributed by atoms with Gasteiger partial charge in [-0.25, -0.2) is 4.68 Å². The Morgan fingerprint density at radius 3 is 2.80 bits per heavy atom. The van der Waals surface area contributed by atoms with E-state index in [0.717, 1.165) is 19.3 Å². The van der Waals surface area contributed by atoms with E-state index in [1.165, 1.54) is 0 Å². The zero-order valence-electron chi connectivity index (χ0n) is 10.8. The highest BCUT2D eigenvalue weighted by Gasteiger charge is 2.25. The van der Waals surface area contributed by atoms with Gasteiger partial charge in [-0.1, -0.05) is 30.3 Å². The molecule has 1 saturated heterocycles. The Morgan fingerprint density at radius 2 is 2.10 bits per heavy atom. The Labute approximate surface area is 125 Å². The summed E-state index contributed by atoms with van der Waals surface area (Å²) in [6.07, 6.45) is 2.77. The number of benzene rings is 1. The van der Waals surface area contributed by atoms with Crippen LogP contribution in [-0.2, 0) is 4.74 Å². The van der Waals surface area contributed by atoms with E-state index in [2.05, 4.69) is 26.0 Å². The van der Waals surface area contributed by atoms with Crippen molar-refractivity contribution < 1.29 is 9.53 Å². The van der Waals surface area contributed by atoms with Crippen molar-refractivity contribution in [2.45, 2.75) is 25.5 Å². The highest BCUT2D eigenvalue weighted by Crippen LogP contribution is 2.24. The van der Waals surface area contributed by atoms with Gasteiger partial charge in [0, 0.05) is 12.2 Å². The van der Waals surface area contributed by atoms with E-state index >= 15 is 0 Å². The van der Waals surface area contributed by atoms with Crippen molar-refractivity contribution in [3.8, 4) is 0 Å². The summed E-state index contributed by atoms with van der Waals surface area (Å²) >= 11 is 3.24. The van der Waals surface area contributed by atoms with Gasteiger partial charge in [0.2, 0.25) is 16.3 Å². The first-order chi connectivity index (χ1) is 9.75. The molecule has 2 aromatic rings. The van der Waals surface area contributed by atoms with Crippen LogP contribution in [0.5, 0.6) is 0 Å². The van der Waals surface area contributed by atoms with Crippen LogP contribution in [0.1, 0.15) is 41.7 Å². The number of carbonyl (C=O) groups is 1. The van der Waals surface area contributed by atoms with Crippen LogP contribution >= 0.6 is 15.9 Å². The Bertz CT molecular complexity index is 606. The molecule has 0 bridgehead atoms. The fraction of sp³-hybridized carbons (Fsp3) is 0.357. The maximum absolute atomic E-state index is 12.5. The molecule has 0 amide bonds. The van der Waals surface area contributed by atoms with Crippen molar-refractivity contribution in [2.24, 2.45) is 0 Å². The molecule has 5 nitrogen and oxygen atoms in total. The van der Waals surface area contributed by atoms with Crippen molar-refractivity contribution >= 4 is 21.7 Å². The largest absolute Gasteiger partial charge is 0.356 e. The van der Waals surface area contributed by atoms with Gasteiger partial charge in [0.15, 0.2) is 6.23 Å². The van der Waals surface area contributed by atoms with Crippen molar-refractivity contribution in [2.75, 3.05) is 6.61 Å². The van der Waals surface area contributed by atoms with E-state index in [0.29, 0.717) is 22.7 Å². The van der Waals surface area contributed by atoms with E-state index in [1.54, 1.807) is 16.8 Å². The molecule has 6 heteroatoms. The summed E-state index contributed by atoms with van der Waals surface area (Å²) < 4.78 is 7.70. The molecule has 1 atom stereocenters. The van der Waals surface area contributed by atoms with E-state index in [9.17, 15) is 4.79 Å². The molecule has 1 aromatic carbocycles. The van der Waals surface area contributed by atoms with Crippen LogP contribution in [-0.4, -0.2) is 27.2 Å². The fourth-order valence-corrected chi connectivity index (χ4v) is 2.63. The second-order valence-electron chi connectivity index (χ2n) is 4.67. The fourth-order valence-electron chi connectivity index (χ4n) is 2.29. The molecule has 2 heterocycles. The number of nitrogens with zero attached hydrogens (tertiary/aromatic N) is 3. The van der Waals surface area contributed by atoms with Crippen LogP contribution in [0.3, 0.4) is 0 Å². The second kappa shape index (κ2) is 5.85. The first-order valence-electron chi connectivity index (χ1n) is 6.59. The second-order valence-corrected chi connectivity index (χ2v) is 5.37. The number of ketones is 1. The van der Waals surface area contributed by atoms with Gasteiger partial charge in [-0.15, -0.1) is 5.10 Å². The predicted molar refractivity (Wildman–Crippen MR) is 76.4 cm³/mol. The number of rotatable bonds is 3. The number of ether oxygens (including phenoxy) is 1. The minimum Gasteiger partial charge on any atom is -0.356 e. The maximum atomic E-state index is 12.5. The Hall–Kier alpha value is -1.53. The summed E-state index contributed by atoms with van der Waals surface area (Å²) in [4.78, 5) is 16.7. The standard InChI is InChI=1S/C14H14BrN3O2/c15-14-16-13(12(19)10-6-2-1-3-7-10)18(17-14)11-8-4-5-9-20-11/h1-3,6-7,11H,4-5,8-9H2. The van der Waals surface area contributed by atoms with Gasteiger partial charge in [-0.2, -0.15) is 4.98 Å². The molecule has 20 heavy (non-hydrogen) atoms. The van der Waals surface area contributed by atoms with Crippen molar-refractivity contribution in [3.63, 3.8) is 0 Å². The topological polar surface area (TPSA) is 57.0 Å². The third-order valence-electron chi connectivity index (χ3n) is 3.27. The van der Waals surface area contributed by atoms with E-state index in [4.69, 9.17) is 4.74 Å². The monoisotopic (exact) mass is 335 g/mol. The van der Waals surface area contributed by atoms with Gasteiger partial charge in [0.25, 0.3) is 0 Å². The molecule has 1 aliphatic rings.